The number of ether oxygens (including phenoxy) is 1. The summed E-state index contributed by atoms with van der Waals surface area (Å²) in [5.74, 6) is 2.25. The van der Waals surface area contributed by atoms with Crippen LogP contribution < -0.4 is 4.74 Å². The lowest BCUT2D eigenvalue weighted by Gasteiger charge is -2.10. The number of hydrogen-bond donors (Lipinski definition) is 1. The Morgan fingerprint density at radius 3 is 2.39 bits per heavy atom. The van der Waals surface area contributed by atoms with Crippen LogP contribution in [0.2, 0.25) is 0 Å². The quantitative estimate of drug-likeness (QED) is 0.174. The van der Waals surface area contributed by atoms with Crippen LogP contribution in [-0.2, 0) is 0 Å². The van der Waals surface area contributed by atoms with Crippen molar-refractivity contribution in [2.24, 2.45) is 0 Å². The van der Waals surface area contributed by atoms with Crippen LogP contribution in [-0.4, -0.2) is 24.6 Å². The molecule has 0 spiro atoms. The predicted octanol–water partition coefficient (Wildman–Crippen LogP) is 6.10. The fraction of sp³-hybridized carbons (Fsp3) is 0.250. The first-order valence-corrected chi connectivity index (χ1v) is 11.3. The van der Waals surface area contributed by atoms with E-state index in [0.29, 0.717) is 21.8 Å². The molecule has 31 heavy (non-hydrogen) atoms. The topological polar surface area (TPSA) is 52.8 Å². The zero-order valence-corrected chi connectivity index (χ0v) is 18.9. The summed E-state index contributed by atoms with van der Waals surface area (Å²) < 4.78 is 7.94. The first-order chi connectivity index (χ1) is 15.1. The highest BCUT2D eigenvalue weighted by Crippen LogP contribution is 2.34. The third kappa shape index (κ3) is 3.95. The highest BCUT2D eigenvalue weighted by Gasteiger charge is 2.26. The Balaban J connectivity index is 1.51. The lowest BCUT2D eigenvalue weighted by molar-refractivity contribution is 0.477. The SMILES string of the molecule is Cc1nc(S)c2c(C(=S)c3ccc(Oc4ccccc4)cc3)nn(C3CCCC3)c2n1. The van der Waals surface area contributed by atoms with Crippen molar-refractivity contribution in [3.8, 4) is 11.5 Å². The monoisotopic (exact) mass is 446 g/mol. The van der Waals surface area contributed by atoms with Gasteiger partial charge in [0, 0.05) is 0 Å². The average molecular weight is 447 g/mol. The molecule has 0 radical (unpaired) electrons. The van der Waals surface area contributed by atoms with Crippen LogP contribution >= 0.6 is 24.8 Å². The Morgan fingerprint density at radius 1 is 1.00 bits per heavy atom. The molecule has 7 heteroatoms. The van der Waals surface area contributed by atoms with E-state index >= 15 is 0 Å². The molecule has 1 aliphatic rings. The second kappa shape index (κ2) is 8.40. The number of aryl methyl sites for hydroxylation is 1. The van der Waals surface area contributed by atoms with E-state index in [2.05, 4.69) is 17.6 Å². The summed E-state index contributed by atoms with van der Waals surface area (Å²) in [5.41, 5.74) is 2.45. The molecule has 5 rings (SSSR count). The van der Waals surface area contributed by atoms with Gasteiger partial charge in [-0.2, -0.15) is 5.10 Å². The smallest absolute Gasteiger partial charge is 0.163 e. The first-order valence-electron chi connectivity index (χ1n) is 10.4. The van der Waals surface area contributed by atoms with Gasteiger partial charge in [0.1, 0.15) is 28.0 Å². The summed E-state index contributed by atoms with van der Waals surface area (Å²) in [7, 11) is 0. The van der Waals surface area contributed by atoms with Gasteiger partial charge in [-0.1, -0.05) is 43.3 Å². The van der Waals surface area contributed by atoms with E-state index < -0.39 is 0 Å². The average Bonchev–Trinajstić information content (AvgIpc) is 3.42. The number of hydrogen-bond acceptors (Lipinski definition) is 6. The minimum atomic E-state index is 0.350. The molecule has 2 aromatic carbocycles. The normalized spacial score (nSPS) is 14.3. The molecule has 0 amide bonds. The van der Waals surface area contributed by atoms with Crippen LogP contribution in [0.25, 0.3) is 11.0 Å². The lowest BCUT2D eigenvalue weighted by Crippen LogP contribution is -2.09. The summed E-state index contributed by atoms with van der Waals surface area (Å²) in [6.07, 6.45) is 4.65. The van der Waals surface area contributed by atoms with E-state index in [0.717, 1.165) is 46.6 Å². The van der Waals surface area contributed by atoms with Gasteiger partial charge >= 0.3 is 0 Å². The van der Waals surface area contributed by atoms with Gasteiger partial charge in [-0.3, -0.25) is 0 Å². The van der Waals surface area contributed by atoms with E-state index in [1.807, 2.05) is 66.2 Å². The minimum Gasteiger partial charge on any atom is -0.457 e. The van der Waals surface area contributed by atoms with E-state index in [1.54, 1.807) is 0 Å². The maximum atomic E-state index is 5.90. The van der Waals surface area contributed by atoms with Gasteiger partial charge in [0.05, 0.1) is 16.3 Å². The molecule has 1 fully saturated rings. The van der Waals surface area contributed by atoms with Crippen molar-refractivity contribution in [2.75, 3.05) is 0 Å². The third-order valence-corrected chi connectivity index (χ3v) is 6.38. The van der Waals surface area contributed by atoms with Crippen molar-refractivity contribution < 1.29 is 4.74 Å². The Morgan fingerprint density at radius 2 is 1.68 bits per heavy atom. The van der Waals surface area contributed by atoms with Crippen LogP contribution in [0.1, 0.15) is 48.8 Å². The molecule has 0 saturated heterocycles. The number of benzene rings is 2. The maximum absolute atomic E-state index is 5.90. The fourth-order valence-electron chi connectivity index (χ4n) is 4.12. The third-order valence-electron chi connectivity index (χ3n) is 5.63. The predicted molar refractivity (Wildman–Crippen MR) is 129 cm³/mol. The second-order valence-electron chi connectivity index (χ2n) is 7.79. The lowest BCUT2D eigenvalue weighted by atomic mass is 10.1. The molecule has 0 aliphatic heterocycles. The highest BCUT2D eigenvalue weighted by molar-refractivity contribution is 7.81. The van der Waals surface area contributed by atoms with Gasteiger partial charge in [-0.15, -0.1) is 12.6 Å². The van der Waals surface area contributed by atoms with Crippen molar-refractivity contribution in [2.45, 2.75) is 43.7 Å². The van der Waals surface area contributed by atoms with Gasteiger partial charge < -0.3 is 4.74 Å². The van der Waals surface area contributed by atoms with Crippen molar-refractivity contribution in [3.63, 3.8) is 0 Å². The van der Waals surface area contributed by atoms with Gasteiger partial charge in [0.15, 0.2) is 5.65 Å². The van der Waals surface area contributed by atoms with Crippen LogP contribution in [0.3, 0.4) is 0 Å². The highest BCUT2D eigenvalue weighted by atomic mass is 32.1. The van der Waals surface area contributed by atoms with Gasteiger partial charge in [0.25, 0.3) is 0 Å². The molecule has 1 saturated carbocycles. The number of rotatable bonds is 5. The van der Waals surface area contributed by atoms with Crippen LogP contribution in [0.15, 0.2) is 59.6 Å². The van der Waals surface area contributed by atoms with Crippen molar-refractivity contribution in [1.29, 1.82) is 0 Å². The number of thiol groups is 1. The van der Waals surface area contributed by atoms with Gasteiger partial charge in [0.2, 0.25) is 0 Å². The standard InChI is InChI=1S/C24H22N4OS2/c1-15-25-23-20(24(31)26-15)21(27-28(23)17-7-5-6-8-17)22(30)16-11-13-19(14-12-16)29-18-9-3-2-4-10-18/h2-4,9-14,17H,5-8H2,1H3,(H,25,26,31). The summed E-state index contributed by atoms with van der Waals surface area (Å²) in [6.45, 7) is 1.88. The summed E-state index contributed by atoms with van der Waals surface area (Å²) in [5, 5.41) is 6.38. The molecule has 0 bridgehead atoms. The van der Waals surface area contributed by atoms with E-state index in [-0.39, 0.29) is 0 Å². The van der Waals surface area contributed by atoms with E-state index in [9.17, 15) is 0 Å². The largest absolute Gasteiger partial charge is 0.457 e. The number of thiocarbonyl (C=S) groups is 1. The van der Waals surface area contributed by atoms with Crippen LogP contribution in [0.4, 0.5) is 0 Å². The number of para-hydroxylation sites is 1. The summed E-state index contributed by atoms with van der Waals surface area (Å²) in [6, 6.07) is 17.8. The second-order valence-corrected chi connectivity index (χ2v) is 8.62. The molecule has 1 aliphatic carbocycles. The zero-order valence-electron chi connectivity index (χ0n) is 17.2. The molecule has 0 atom stereocenters. The molecular weight excluding hydrogens is 424 g/mol. The van der Waals surface area contributed by atoms with Crippen molar-refractivity contribution in [3.05, 3.63) is 71.7 Å². The number of fused-ring (bicyclic) bond motifs is 1. The Kier molecular flexibility index (Phi) is 5.46. The molecule has 2 aromatic heterocycles. The molecule has 5 nitrogen and oxygen atoms in total. The number of nitrogens with zero attached hydrogens (tertiary/aromatic N) is 4. The van der Waals surface area contributed by atoms with Gasteiger partial charge in [-0.25, -0.2) is 14.6 Å². The van der Waals surface area contributed by atoms with Crippen molar-refractivity contribution >= 4 is 40.7 Å². The summed E-state index contributed by atoms with van der Waals surface area (Å²) >= 11 is 10.5. The van der Waals surface area contributed by atoms with Gasteiger partial charge in [-0.05, 0) is 61.7 Å². The molecule has 4 aromatic rings. The van der Waals surface area contributed by atoms with Crippen molar-refractivity contribution in [1.82, 2.24) is 19.7 Å². The van der Waals surface area contributed by atoms with E-state index in [1.165, 1.54) is 12.8 Å². The number of aromatic nitrogens is 4. The Labute approximate surface area is 191 Å². The molecule has 0 N–H and O–H groups in total. The summed E-state index contributed by atoms with van der Waals surface area (Å²) in [4.78, 5) is 9.82. The molecular formula is C24H22N4OS2. The minimum absolute atomic E-state index is 0.350. The fourth-order valence-corrected chi connectivity index (χ4v) is 4.75. The molecule has 156 valence electrons. The Bertz CT molecular complexity index is 1250. The molecule has 0 unspecified atom stereocenters. The van der Waals surface area contributed by atoms with Crippen LogP contribution in [0, 0.1) is 6.92 Å². The maximum Gasteiger partial charge on any atom is 0.163 e. The molecule has 2 heterocycles. The first kappa shape index (κ1) is 20.2. The Hall–Kier alpha value is -2.77. The van der Waals surface area contributed by atoms with Crippen LogP contribution in [0.5, 0.6) is 11.5 Å². The van der Waals surface area contributed by atoms with E-state index in [4.69, 9.17) is 27.0 Å². The zero-order chi connectivity index (χ0) is 21.4.